The van der Waals surface area contributed by atoms with Gasteiger partial charge in [0.15, 0.2) is 5.13 Å². The molecule has 4 rings (SSSR count). The Balaban J connectivity index is 1.49. The molecule has 1 saturated heterocycles. The molecule has 0 bridgehead atoms. The predicted molar refractivity (Wildman–Crippen MR) is 112 cm³/mol. The molecule has 0 unspecified atom stereocenters. The molecule has 1 aliphatic heterocycles. The lowest BCUT2D eigenvalue weighted by Crippen LogP contribution is -2.27. The Morgan fingerprint density at radius 2 is 2.00 bits per heavy atom. The number of H-pyrrole nitrogens is 1. The minimum atomic E-state index is -3.55. The molecule has 3 aromatic rings. The van der Waals surface area contributed by atoms with Crippen molar-refractivity contribution in [2.24, 2.45) is 0 Å². The molecule has 1 aliphatic rings. The second-order valence-corrected chi connectivity index (χ2v) is 10.9. The summed E-state index contributed by atoms with van der Waals surface area (Å²) in [4.78, 5) is 22.3. The van der Waals surface area contributed by atoms with Crippen LogP contribution in [0.4, 0.5) is 5.13 Å². The van der Waals surface area contributed by atoms with Gasteiger partial charge in [0.2, 0.25) is 10.0 Å². The van der Waals surface area contributed by atoms with Crippen LogP contribution in [-0.4, -0.2) is 41.7 Å². The highest BCUT2D eigenvalue weighted by molar-refractivity contribution is 7.89. The van der Waals surface area contributed by atoms with Crippen molar-refractivity contribution in [3.05, 3.63) is 39.2 Å². The standard InChI is InChI=1S/C18H20N4O3S3/c1-11-7-14(12(2)27-11)16-10-26-18(20-16)21-17(23)15-8-13(9-19-15)28(24,25)22-5-3-4-6-22/h7-10,19H,3-6H2,1-2H3,(H,20,21,23). The lowest BCUT2D eigenvalue weighted by Gasteiger charge is -2.13. The average Bonchev–Trinajstić information content (AvgIpc) is 3.42. The molecule has 0 aliphatic carbocycles. The molecule has 10 heteroatoms. The van der Waals surface area contributed by atoms with Gasteiger partial charge in [-0.3, -0.25) is 10.1 Å². The first kappa shape index (κ1) is 19.3. The SMILES string of the molecule is Cc1cc(-c2csc(NC(=O)c3cc(S(=O)(=O)N4CCCC4)c[nH]3)n2)c(C)s1. The number of nitrogens with one attached hydrogen (secondary N) is 2. The van der Waals surface area contributed by atoms with Crippen LogP contribution in [0.25, 0.3) is 11.3 Å². The molecule has 7 nitrogen and oxygen atoms in total. The van der Waals surface area contributed by atoms with Gasteiger partial charge in [0, 0.05) is 40.0 Å². The number of nitrogens with zero attached hydrogens (tertiary/aromatic N) is 2. The minimum Gasteiger partial charge on any atom is -0.356 e. The van der Waals surface area contributed by atoms with Crippen LogP contribution in [0.5, 0.6) is 0 Å². The third kappa shape index (κ3) is 3.64. The number of hydrogen-bond acceptors (Lipinski definition) is 6. The van der Waals surface area contributed by atoms with Crippen LogP contribution in [0.15, 0.2) is 28.6 Å². The highest BCUT2D eigenvalue weighted by Crippen LogP contribution is 2.32. The maximum atomic E-state index is 12.6. The number of hydrogen-bond donors (Lipinski definition) is 2. The fourth-order valence-corrected chi connectivity index (χ4v) is 6.39. The molecule has 4 heterocycles. The van der Waals surface area contributed by atoms with Gasteiger partial charge < -0.3 is 4.98 Å². The Labute approximate surface area is 171 Å². The Morgan fingerprint density at radius 1 is 1.25 bits per heavy atom. The van der Waals surface area contributed by atoms with Crippen LogP contribution < -0.4 is 5.32 Å². The smallest absolute Gasteiger partial charge is 0.273 e. The summed E-state index contributed by atoms with van der Waals surface area (Å²) < 4.78 is 26.6. The molecule has 1 fully saturated rings. The fourth-order valence-electron chi connectivity index (χ4n) is 3.24. The molecule has 0 spiro atoms. The van der Waals surface area contributed by atoms with Gasteiger partial charge in [0.1, 0.15) is 10.6 Å². The highest BCUT2D eigenvalue weighted by atomic mass is 32.2. The van der Waals surface area contributed by atoms with E-state index < -0.39 is 15.9 Å². The third-order valence-electron chi connectivity index (χ3n) is 4.65. The molecular formula is C18H20N4O3S3. The number of aryl methyl sites for hydroxylation is 2. The highest BCUT2D eigenvalue weighted by Gasteiger charge is 2.28. The average molecular weight is 437 g/mol. The molecule has 1 amide bonds. The van der Waals surface area contributed by atoms with Gasteiger partial charge in [0.05, 0.1) is 5.69 Å². The third-order valence-corrected chi connectivity index (χ3v) is 8.25. The van der Waals surface area contributed by atoms with Gasteiger partial charge in [-0.1, -0.05) is 0 Å². The summed E-state index contributed by atoms with van der Waals surface area (Å²) in [7, 11) is -3.55. The lowest BCUT2D eigenvalue weighted by atomic mass is 10.2. The van der Waals surface area contributed by atoms with Gasteiger partial charge in [0.25, 0.3) is 5.91 Å². The number of carbonyl (C=O) groups excluding carboxylic acids is 1. The molecule has 0 atom stereocenters. The first-order valence-corrected chi connectivity index (χ1v) is 12.0. The van der Waals surface area contributed by atoms with Gasteiger partial charge in [-0.15, -0.1) is 22.7 Å². The number of rotatable bonds is 5. The van der Waals surface area contributed by atoms with Gasteiger partial charge in [-0.2, -0.15) is 4.31 Å². The van der Waals surface area contributed by atoms with Crippen molar-refractivity contribution in [3.63, 3.8) is 0 Å². The summed E-state index contributed by atoms with van der Waals surface area (Å²) in [6.07, 6.45) is 3.10. The van der Waals surface area contributed by atoms with Crippen LogP contribution in [-0.2, 0) is 10.0 Å². The van der Waals surface area contributed by atoms with Crippen molar-refractivity contribution in [2.45, 2.75) is 31.6 Å². The number of thiophene rings is 1. The summed E-state index contributed by atoms with van der Waals surface area (Å²) in [6.45, 7) is 5.15. The van der Waals surface area contributed by atoms with Gasteiger partial charge in [-0.25, -0.2) is 13.4 Å². The van der Waals surface area contributed by atoms with E-state index in [0.717, 1.165) is 24.1 Å². The molecule has 2 N–H and O–H groups in total. The largest absolute Gasteiger partial charge is 0.356 e. The number of aromatic amines is 1. The van der Waals surface area contributed by atoms with E-state index >= 15 is 0 Å². The first-order chi connectivity index (χ1) is 13.3. The Kier molecular flexibility index (Phi) is 5.13. The van der Waals surface area contributed by atoms with Gasteiger partial charge in [-0.05, 0) is 38.8 Å². The van der Waals surface area contributed by atoms with E-state index in [2.05, 4.69) is 28.3 Å². The molecule has 148 valence electrons. The van der Waals surface area contributed by atoms with Crippen LogP contribution >= 0.6 is 22.7 Å². The fraction of sp³-hybridized carbons (Fsp3) is 0.333. The van der Waals surface area contributed by atoms with E-state index in [-0.39, 0.29) is 10.6 Å². The van der Waals surface area contributed by atoms with Crippen molar-refractivity contribution >= 4 is 43.7 Å². The summed E-state index contributed by atoms with van der Waals surface area (Å²) in [5.41, 5.74) is 2.08. The number of carbonyl (C=O) groups is 1. The zero-order chi connectivity index (χ0) is 19.9. The minimum absolute atomic E-state index is 0.115. The predicted octanol–water partition coefficient (Wildman–Crippen LogP) is 3.85. The number of thiazole rings is 1. The van der Waals surface area contributed by atoms with Crippen molar-refractivity contribution in [2.75, 3.05) is 18.4 Å². The maximum absolute atomic E-state index is 12.6. The van der Waals surface area contributed by atoms with Crippen LogP contribution in [0.3, 0.4) is 0 Å². The lowest BCUT2D eigenvalue weighted by molar-refractivity contribution is 0.102. The monoisotopic (exact) mass is 436 g/mol. The van der Waals surface area contributed by atoms with E-state index in [0.29, 0.717) is 18.2 Å². The number of anilines is 1. The van der Waals surface area contributed by atoms with E-state index in [1.807, 2.05) is 12.3 Å². The van der Waals surface area contributed by atoms with Crippen molar-refractivity contribution < 1.29 is 13.2 Å². The van der Waals surface area contributed by atoms with Gasteiger partial charge >= 0.3 is 0 Å². The number of aromatic nitrogens is 2. The van der Waals surface area contributed by atoms with E-state index in [1.54, 1.807) is 11.3 Å². The summed E-state index contributed by atoms with van der Waals surface area (Å²) in [5, 5.41) is 5.12. The second-order valence-electron chi connectivity index (χ2n) is 6.68. The molecular weight excluding hydrogens is 416 g/mol. The van der Waals surface area contributed by atoms with Crippen LogP contribution in [0.1, 0.15) is 33.1 Å². The zero-order valence-corrected chi connectivity index (χ0v) is 17.9. The maximum Gasteiger partial charge on any atom is 0.273 e. The second kappa shape index (κ2) is 7.43. The van der Waals surface area contributed by atoms with E-state index in [9.17, 15) is 13.2 Å². The first-order valence-electron chi connectivity index (χ1n) is 8.87. The van der Waals surface area contributed by atoms with Crippen LogP contribution in [0.2, 0.25) is 0 Å². The van der Waals surface area contributed by atoms with Crippen molar-refractivity contribution in [1.29, 1.82) is 0 Å². The van der Waals surface area contributed by atoms with E-state index in [1.165, 1.54) is 37.7 Å². The molecule has 3 aromatic heterocycles. The summed E-state index contributed by atoms with van der Waals surface area (Å²) in [6, 6.07) is 3.46. The topological polar surface area (TPSA) is 95.2 Å². The summed E-state index contributed by atoms with van der Waals surface area (Å²) >= 11 is 3.05. The Bertz CT molecular complexity index is 1120. The quantitative estimate of drug-likeness (QED) is 0.635. The molecule has 0 radical (unpaired) electrons. The molecule has 0 aromatic carbocycles. The molecule has 0 saturated carbocycles. The Morgan fingerprint density at radius 3 is 2.68 bits per heavy atom. The molecule has 28 heavy (non-hydrogen) atoms. The van der Waals surface area contributed by atoms with Crippen LogP contribution in [0, 0.1) is 13.8 Å². The van der Waals surface area contributed by atoms with E-state index in [4.69, 9.17) is 0 Å². The summed E-state index contributed by atoms with van der Waals surface area (Å²) in [5.74, 6) is -0.415. The van der Waals surface area contributed by atoms with Crippen molar-refractivity contribution in [1.82, 2.24) is 14.3 Å². The normalized spacial score (nSPS) is 15.2. The number of sulfonamides is 1. The zero-order valence-electron chi connectivity index (χ0n) is 15.5. The Hall–Kier alpha value is -2.01. The van der Waals surface area contributed by atoms with Crippen molar-refractivity contribution in [3.8, 4) is 11.3 Å². The number of amides is 1.